The van der Waals surface area contributed by atoms with Crippen LogP contribution in [0.15, 0.2) is 46.1 Å². The summed E-state index contributed by atoms with van der Waals surface area (Å²) < 4.78 is 10.0. The molecule has 132 valence electrons. The van der Waals surface area contributed by atoms with Crippen LogP contribution in [0.4, 0.5) is 4.79 Å². The number of hydrogen-bond donors (Lipinski definition) is 4. The number of hydrazone groups is 1. The topological polar surface area (TPSA) is 125 Å². The Hall–Kier alpha value is -3.49. The van der Waals surface area contributed by atoms with E-state index in [0.717, 1.165) is 0 Å². The lowest BCUT2D eigenvalue weighted by Gasteiger charge is -2.05. The lowest BCUT2D eigenvalue weighted by Crippen LogP contribution is -2.40. The van der Waals surface area contributed by atoms with Crippen molar-refractivity contribution in [1.29, 1.82) is 0 Å². The highest BCUT2D eigenvalue weighted by atomic mass is 16.5. The molecule has 0 aliphatic rings. The molecule has 0 atom stereocenters. The quantitative estimate of drug-likeness (QED) is 0.439. The number of carbonyl (C=O) groups excluding carboxylic acids is 2. The lowest BCUT2D eigenvalue weighted by atomic mass is 10.2. The predicted octanol–water partition coefficient (Wildman–Crippen LogP) is 0.943. The second-order valence-corrected chi connectivity index (χ2v) is 4.84. The van der Waals surface area contributed by atoms with E-state index in [1.165, 1.54) is 25.7 Å². The van der Waals surface area contributed by atoms with Gasteiger partial charge in [0.1, 0.15) is 12.3 Å². The summed E-state index contributed by atoms with van der Waals surface area (Å²) in [7, 11) is 1.43. The van der Waals surface area contributed by atoms with E-state index in [2.05, 4.69) is 21.2 Å². The summed E-state index contributed by atoms with van der Waals surface area (Å²) in [6.45, 7) is -0.0124. The minimum atomic E-state index is -0.501. The van der Waals surface area contributed by atoms with E-state index in [9.17, 15) is 14.7 Å². The summed E-state index contributed by atoms with van der Waals surface area (Å²) in [5.74, 6) is 0.419. The molecule has 0 unspecified atom stereocenters. The first-order chi connectivity index (χ1) is 12.1. The molecule has 0 radical (unpaired) electrons. The lowest BCUT2D eigenvalue weighted by molar-refractivity contribution is -0.120. The highest BCUT2D eigenvalue weighted by Crippen LogP contribution is 2.25. The van der Waals surface area contributed by atoms with E-state index in [4.69, 9.17) is 9.15 Å². The minimum Gasteiger partial charge on any atom is -0.504 e. The number of urea groups is 1. The van der Waals surface area contributed by atoms with E-state index < -0.39 is 11.9 Å². The Labute approximate surface area is 143 Å². The van der Waals surface area contributed by atoms with Crippen LogP contribution in [0.1, 0.15) is 11.3 Å². The largest absolute Gasteiger partial charge is 0.504 e. The summed E-state index contributed by atoms with van der Waals surface area (Å²) in [5.41, 5.74) is 2.90. The number of methoxy groups -OCH3 is 1. The van der Waals surface area contributed by atoms with E-state index in [-0.39, 0.29) is 18.8 Å². The van der Waals surface area contributed by atoms with Crippen molar-refractivity contribution in [3.05, 3.63) is 47.9 Å². The van der Waals surface area contributed by atoms with Gasteiger partial charge in [-0.1, -0.05) is 0 Å². The number of ether oxygens (including phenoxy) is 1. The average Bonchev–Trinajstić information content (AvgIpc) is 3.13. The normalized spacial score (nSPS) is 10.4. The zero-order chi connectivity index (χ0) is 18.1. The molecule has 2 rings (SSSR count). The first-order valence-corrected chi connectivity index (χ1v) is 7.31. The summed E-state index contributed by atoms with van der Waals surface area (Å²) >= 11 is 0. The van der Waals surface area contributed by atoms with Crippen LogP contribution in [-0.4, -0.2) is 36.9 Å². The van der Waals surface area contributed by atoms with E-state index in [1.807, 2.05) is 0 Å². The number of carbonyl (C=O) groups is 2. The fourth-order valence-electron chi connectivity index (χ4n) is 1.80. The van der Waals surface area contributed by atoms with Crippen LogP contribution in [0.2, 0.25) is 0 Å². The van der Waals surface area contributed by atoms with Crippen molar-refractivity contribution in [3.8, 4) is 11.5 Å². The van der Waals surface area contributed by atoms with E-state index in [0.29, 0.717) is 17.1 Å². The summed E-state index contributed by atoms with van der Waals surface area (Å²) in [6, 6.07) is 7.55. The Morgan fingerprint density at radius 3 is 2.88 bits per heavy atom. The Bertz CT molecular complexity index is 743. The monoisotopic (exact) mass is 346 g/mol. The van der Waals surface area contributed by atoms with Crippen LogP contribution in [0, 0.1) is 0 Å². The minimum absolute atomic E-state index is 0.00782. The fraction of sp³-hybridized carbons (Fsp3) is 0.188. The summed E-state index contributed by atoms with van der Waals surface area (Å²) in [6.07, 6.45) is 2.89. The first-order valence-electron chi connectivity index (χ1n) is 7.31. The SMILES string of the molecule is COc1cc(/C=N\NC(=O)CNC(=O)NCc2ccco2)ccc1O. The van der Waals surface area contributed by atoms with Gasteiger partial charge in [0.15, 0.2) is 11.5 Å². The maximum Gasteiger partial charge on any atom is 0.315 e. The molecule has 0 saturated heterocycles. The highest BCUT2D eigenvalue weighted by Gasteiger charge is 2.05. The number of nitrogens with zero attached hydrogens (tertiary/aromatic N) is 1. The summed E-state index contributed by atoms with van der Waals surface area (Å²) in [5, 5.41) is 18.2. The van der Waals surface area contributed by atoms with Gasteiger partial charge in [-0.2, -0.15) is 5.10 Å². The third-order valence-electron chi connectivity index (χ3n) is 3.02. The van der Waals surface area contributed by atoms with E-state index >= 15 is 0 Å². The molecule has 1 aromatic heterocycles. The Morgan fingerprint density at radius 2 is 2.16 bits per heavy atom. The third-order valence-corrected chi connectivity index (χ3v) is 3.02. The number of rotatable bonds is 7. The van der Waals surface area contributed by atoms with Gasteiger partial charge in [0, 0.05) is 0 Å². The number of amides is 3. The maximum absolute atomic E-state index is 11.6. The number of hydrogen-bond acceptors (Lipinski definition) is 6. The molecule has 0 aliphatic carbocycles. The van der Waals surface area contributed by atoms with Crippen molar-refractivity contribution in [3.63, 3.8) is 0 Å². The Balaban J connectivity index is 1.70. The smallest absolute Gasteiger partial charge is 0.315 e. The molecule has 3 amide bonds. The van der Waals surface area contributed by atoms with Gasteiger partial charge in [0.2, 0.25) is 0 Å². The molecule has 4 N–H and O–H groups in total. The zero-order valence-electron chi connectivity index (χ0n) is 13.5. The van der Waals surface area contributed by atoms with Gasteiger partial charge in [0.25, 0.3) is 5.91 Å². The summed E-state index contributed by atoms with van der Waals surface area (Å²) in [4.78, 5) is 23.1. The van der Waals surface area contributed by atoms with Crippen LogP contribution >= 0.6 is 0 Å². The molecule has 25 heavy (non-hydrogen) atoms. The highest BCUT2D eigenvalue weighted by molar-refractivity contribution is 5.86. The third kappa shape index (κ3) is 5.90. The Morgan fingerprint density at radius 1 is 1.32 bits per heavy atom. The molecule has 9 nitrogen and oxygen atoms in total. The molecule has 0 saturated carbocycles. The number of nitrogens with one attached hydrogen (secondary N) is 3. The number of aromatic hydroxyl groups is 1. The molecule has 1 aromatic carbocycles. The second-order valence-electron chi connectivity index (χ2n) is 4.84. The van der Waals surface area contributed by atoms with Crippen molar-refractivity contribution in [2.24, 2.45) is 5.10 Å². The van der Waals surface area contributed by atoms with Crippen molar-refractivity contribution in [2.75, 3.05) is 13.7 Å². The predicted molar refractivity (Wildman–Crippen MR) is 89.3 cm³/mol. The number of furan rings is 1. The van der Waals surface area contributed by atoms with Crippen molar-refractivity contribution < 1.29 is 23.8 Å². The zero-order valence-corrected chi connectivity index (χ0v) is 13.5. The van der Waals surface area contributed by atoms with Crippen LogP contribution in [-0.2, 0) is 11.3 Å². The molecule has 2 aromatic rings. The van der Waals surface area contributed by atoms with Gasteiger partial charge in [-0.25, -0.2) is 10.2 Å². The van der Waals surface area contributed by atoms with Crippen LogP contribution in [0.3, 0.4) is 0 Å². The molecule has 0 aliphatic heterocycles. The number of benzene rings is 1. The van der Waals surface area contributed by atoms with Gasteiger partial charge < -0.3 is 24.9 Å². The number of phenolic OH excluding ortho intramolecular Hbond substituents is 1. The number of phenols is 1. The fourth-order valence-corrected chi connectivity index (χ4v) is 1.80. The standard InChI is InChI=1S/C16H18N4O5/c1-24-14-7-11(4-5-13(14)21)8-19-20-15(22)10-18-16(23)17-9-12-3-2-6-25-12/h2-8,21H,9-10H2,1H3,(H,20,22)(H2,17,18,23)/b19-8-. The molecule has 0 spiro atoms. The first kappa shape index (κ1) is 17.9. The molecule has 0 bridgehead atoms. The van der Waals surface area contributed by atoms with Gasteiger partial charge in [-0.15, -0.1) is 0 Å². The van der Waals surface area contributed by atoms with Gasteiger partial charge in [-0.05, 0) is 35.9 Å². The Kier molecular flexibility index (Phi) is 6.40. The maximum atomic E-state index is 11.6. The van der Waals surface area contributed by atoms with Crippen molar-refractivity contribution in [2.45, 2.75) is 6.54 Å². The molecule has 1 heterocycles. The van der Waals surface area contributed by atoms with Crippen molar-refractivity contribution in [1.82, 2.24) is 16.1 Å². The van der Waals surface area contributed by atoms with Crippen molar-refractivity contribution >= 4 is 18.2 Å². The molecular weight excluding hydrogens is 328 g/mol. The molecule has 0 fully saturated rings. The van der Waals surface area contributed by atoms with Crippen LogP contribution < -0.4 is 20.8 Å². The second kappa shape index (κ2) is 8.96. The van der Waals surface area contributed by atoms with Crippen LogP contribution in [0.5, 0.6) is 11.5 Å². The molecular formula is C16H18N4O5. The van der Waals surface area contributed by atoms with Gasteiger partial charge in [0.05, 0.1) is 26.1 Å². The van der Waals surface area contributed by atoms with Gasteiger partial charge >= 0.3 is 6.03 Å². The van der Waals surface area contributed by atoms with E-state index in [1.54, 1.807) is 24.3 Å². The molecule has 9 heteroatoms. The van der Waals surface area contributed by atoms with Crippen LogP contribution in [0.25, 0.3) is 0 Å². The van der Waals surface area contributed by atoms with Gasteiger partial charge in [-0.3, -0.25) is 4.79 Å². The average molecular weight is 346 g/mol.